The molecule has 1 aromatic carbocycles. The zero-order chi connectivity index (χ0) is 19.6. The van der Waals surface area contributed by atoms with Crippen molar-refractivity contribution in [3.63, 3.8) is 0 Å². The van der Waals surface area contributed by atoms with Crippen molar-refractivity contribution in [2.75, 3.05) is 14.2 Å². The number of benzene rings is 1. The molecule has 1 fully saturated rings. The minimum absolute atomic E-state index is 0.0384. The molecule has 2 atom stereocenters. The Kier molecular flexibility index (Phi) is 5.46. The molecule has 142 valence electrons. The summed E-state index contributed by atoms with van der Waals surface area (Å²) in [5, 5.41) is 14.0. The van der Waals surface area contributed by atoms with Gasteiger partial charge in [0, 0.05) is 24.9 Å². The number of thiophene rings is 1. The summed E-state index contributed by atoms with van der Waals surface area (Å²) in [6.45, 7) is 0.175. The number of likely N-dealkylation sites (tertiary alicyclic amines) is 1. The van der Waals surface area contributed by atoms with Crippen LogP contribution in [0.4, 0.5) is 0 Å². The maximum absolute atomic E-state index is 12.7. The van der Waals surface area contributed by atoms with E-state index in [1.807, 2.05) is 17.5 Å². The molecule has 27 heavy (non-hydrogen) atoms. The highest BCUT2D eigenvalue weighted by molar-refractivity contribution is 7.10. The average Bonchev–Trinajstić information content (AvgIpc) is 3.28. The molecule has 0 saturated carbocycles. The number of hydrogen-bond donors (Lipinski definition) is 2. The Labute approximate surface area is 160 Å². The van der Waals surface area contributed by atoms with Crippen LogP contribution in [0.25, 0.3) is 0 Å². The van der Waals surface area contributed by atoms with Gasteiger partial charge in [0.15, 0.2) is 0 Å². The first-order valence-corrected chi connectivity index (χ1v) is 9.27. The maximum atomic E-state index is 12.7. The van der Waals surface area contributed by atoms with Crippen molar-refractivity contribution in [1.29, 1.82) is 0 Å². The molecule has 2 N–H and O–H groups in total. The first kappa shape index (κ1) is 18.9. The SMILES string of the molecule is COc1ccc(CNC(=O)[C@H]2CC(=O)N(C)[C@H]2c2cccs2)cc1C(=O)O. The van der Waals surface area contributed by atoms with Crippen LogP contribution in [0.15, 0.2) is 35.7 Å². The second-order valence-electron chi connectivity index (χ2n) is 6.33. The lowest BCUT2D eigenvalue weighted by atomic mass is 9.97. The van der Waals surface area contributed by atoms with Crippen molar-refractivity contribution < 1.29 is 24.2 Å². The fraction of sp³-hybridized carbons (Fsp3) is 0.316. The Morgan fingerprint density at radius 3 is 2.78 bits per heavy atom. The van der Waals surface area contributed by atoms with Crippen LogP contribution >= 0.6 is 11.3 Å². The molecule has 1 aliphatic rings. The van der Waals surface area contributed by atoms with E-state index in [-0.39, 0.29) is 42.1 Å². The average molecular weight is 388 g/mol. The van der Waals surface area contributed by atoms with Gasteiger partial charge in [-0.05, 0) is 29.1 Å². The quantitative estimate of drug-likeness (QED) is 0.792. The molecule has 2 amide bonds. The number of hydrogen-bond acceptors (Lipinski definition) is 5. The van der Waals surface area contributed by atoms with Crippen molar-refractivity contribution >= 4 is 29.1 Å². The van der Waals surface area contributed by atoms with Crippen LogP contribution in [0.5, 0.6) is 5.75 Å². The highest BCUT2D eigenvalue weighted by atomic mass is 32.1. The molecule has 7 nitrogen and oxygen atoms in total. The highest BCUT2D eigenvalue weighted by Crippen LogP contribution is 2.39. The number of carbonyl (C=O) groups excluding carboxylic acids is 2. The minimum Gasteiger partial charge on any atom is -0.496 e. The summed E-state index contributed by atoms with van der Waals surface area (Å²) < 4.78 is 5.04. The predicted molar refractivity (Wildman–Crippen MR) is 99.7 cm³/mol. The van der Waals surface area contributed by atoms with Crippen LogP contribution in [-0.2, 0) is 16.1 Å². The second kappa shape index (κ2) is 7.79. The first-order chi connectivity index (χ1) is 12.9. The van der Waals surface area contributed by atoms with E-state index in [4.69, 9.17) is 4.74 Å². The molecule has 1 aliphatic heterocycles. The van der Waals surface area contributed by atoms with Crippen molar-refractivity contribution in [2.24, 2.45) is 5.92 Å². The van der Waals surface area contributed by atoms with Gasteiger partial charge in [0.25, 0.3) is 0 Å². The Hall–Kier alpha value is -2.87. The first-order valence-electron chi connectivity index (χ1n) is 8.39. The smallest absolute Gasteiger partial charge is 0.339 e. The Balaban J connectivity index is 1.73. The lowest BCUT2D eigenvalue weighted by Gasteiger charge is -2.23. The van der Waals surface area contributed by atoms with Gasteiger partial charge >= 0.3 is 5.97 Å². The van der Waals surface area contributed by atoms with Gasteiger partial charge in [0.05, 0.1) is 19.1 Å². The van der Waals surface area contributed by atoms with Gasteiger partial charge in [-0.15, -0.1) is 11.3 Å². The van der Waals surface area contributed by atoms with Crippen molar-refractivity contribution in [1.82, 2.24) is 10.2 Å². The number of methoxy groups -OCH3 is 1. The number of amides is 2. The Morgan fingerprint density at radius 1 is 1.37 bits per heavy atom. The largest absolute Gasteiger partial charge is 0.496 e. The lowest BCUT2D eigenvalue weighted by molar-refractivity contribution is -0.128. The fourth-order valence-corrected chi connectivity index (χ4v) is 4.24. The number of nitrogens with one attached hydrogen (secondary N) is 1. The maximum Gasteiger partial charge on any atom is 0.339 e. The number of rotatable bonds is 6. The van der Waals surface area contributed by atoms with E-state index in [1.165, 1.54) is 24.5 Å². The number of nitrogens with zero attached hydrogens (tertiary/aromatic N) is 1. The Bertz CT molecular complexity index is 865. The molecule has 1 aromatic heterocycles. The summed E-state index contributed by atoms with van der Waals surface area (Å²) in [7, 11) is 3.12. The summed E-state index contributed by atoms with van der Waals surface area (Å²) in [6.07, 6.45) is 0.161. The molecular formula is C19H20N2O5S. The summed E-state index contributed by atoms with van der Waals surface area (Å²) in [6, 6.07) is 8.29. The zero-order valence-electron chi connectivity index (χ0n) is 15.0. The highest BCUT2D eigenvalue weighted by Gasteiger charge is 2.43. The minimum atomic E-state index is -1.10. The van der Waals surface area contributed by atoms with Gasteiger partial charge in [-0.25, -0.2) is 4.79 Å². The number of carboxylic acid groups (broad SMARTS) is 1. The van der Waals surface area contributed by atoms with E-state index in [0.29, 0.717) is 5.56 Å². The summed E-state index contributed by atoms with van der Waals surface area (Å²) >= 11 is 1.52. The molecular weight excluding hydrogens is 368 g/mol. The topological polar surface area (TPSA) is 95.9 Å². The van der Waals surface area contributed by atoms with Crippen LogP contribution < -0.4 is 10.1 Å². The second-order valence-corrected chi connectivity index (χ2v) is 7.31. The number of aromatic carboxylic acids is 1. The molecule has 0 aliphatic carbocycles. The number of carbonyl (C=O) groups is 3. The third-order valence-corrected chi connectivity index (χ3v) is 5.66. The van der Waals surface area contributed by atoms with E-state index in [0.717, 1.165) is 4.88 Å². The molecule has 0 radical (unpaired) electrons. The monoisotopic (exact) mass is 388 g/mol. The van der Waals surface area contributed by atoms with Crippen LogP contribution in [0.1, 0.15) is 33.3 Å². The van der Waals surface area contributed by atoms with Crippen LogP contribution in [0, 0.1) is 5.92 Å². The summed E-state index contributed by atoms with van der Waals surface area (Å²) in [5.74, 6) is -1.59. The van der Waals surface area contributed by atoms with Gasteiger partial charge < -0.3 is 20.1 Å². The van der Waals surface area contributed by atoms with Crippen LogP contribution in [0.3, 0.4) is 0 Å². The third-order valence-electron chi connectivity index (χ3n) is 4.72. The van der Waals surface area contributed by atoms with E-state index < -0.39 is 11.9 Å². The van der Waals surface area contributed by atoms with Gasteiger partial charge in [0.1, 0.15) is 11.3 Å². The molecule has 0 bridgehead atoms. The lowest BCUT2D eigenvalue weighted by Crippen LogP contribution is -2.34. The molecule has 2 aromatic rings. The van der Waals surface area contributed by atoms with Crippen molar-refractivity contribution in [3.8, 4) is 5.75 Å². The molecule has 0 spiro atoms. The van der Waals surface area contributed by atoms with Gasteiger partial charge in [-0.2, -0.15) is 0 Å². The summed E-state index contributed by atoms with van der Waals surface area (Å²) in [4.78, 5) is 38.8. The van der Waals surface area contributed by atoms with Gasteiger partial charge in [-0.3, -0.25) is 9.59 Å². The van der Waals surface area contributed by atoms with E-state index >= 15 is 0 Å². The number of carboxylic acids is 1. The predicted octanol–water partition coefficient (Wildman–Crippen LogP) is 2.29. The molecule has 8 heteroatoms. The zero-order valence-corrected chi connectivity index (χ0v) is 15.8. The normalized spacial score (nSPS) is 19.2. The van der Waals surface area contributed by atoms with E-state index in [1.54, 1.807) is 24.1 Å². The molecule has 2 heterocycles. The van der Waals surface area contributed by atoms with Crippen LogP contribution in [0.2, 0.25) is 0 Å². The van der Waals surface area contributed by atoms with Gasteiger partial charge in [0.2, 0.25) is 11.8 Å². The fourth-order valence-electron chi connectivity index (χ4n) is 3.31. The number of ether oxygens (including phenoxy) is 1. The van der Waals surface area contributed by atoms with Crippen molar-refractivity contribution in [3.05, 3.63) is 51.7 Å². The van der Waals surface area contributed by atoms with E-state index in [2.05, 4.69) is 5.32 Å². The third kappa shape index (κ3) is 3.80. The van der Waals surface area contributed by atoms with Crippen molar-refractivity contribution in [2.45, 2.75) is 19.0 Å². The molecule has 0 unspecified atom stereocenters. The molecule has 1 saturated heterocycles. The summed E-state index contributed by atoms with van der Waals surface area (Å²) in [5.41, 5.74) is 0.684. The molecule has 3 rings (SSSR count). The van der Waals surface area contributed by atoms with Gasteiger partial charge in [-0.1, -0.05) is 12.1 Å². The van der Waals surface area contributed by atoms with E-state index in [9.17, 15) is 19.5 Å². The Morgan fingerprint density at radius 2 is 2.15 bits per heavy atom. The standard InChI is InChI=1S/C19H20N2O5S/c1-21-16(22)9-13(17(21)15-4-3-7-27-15)18(23)20-10-11-5-6-14(26-2)12(8-11)19(24)25/h3-8,13,17H,9-10H2,1-2H3,(H,20,23)(H,24,25)/t13-,17+/m0/s1. The van der Waals surface area contributed by atoms with Crippen LogP contribution in [-0.4, -0.2) is 41.9 Å².